The molecule has 0 heterocycles. The third kappa shape index (κ3) is 7.47. The minimum atomic E-state index is -5.31. The van der Waals surface area contributed by atoms with Gasteiger partial charge in [-0.25, -0.2) is 4.39 Å². The Labute approximate surface area is 219 Å². The summed E-state index contributed by atoms with van der Waals surface area (Å²) in [7, 11) is 0. The van der Waals surface area contributed by atoms with Gasteiger partial charge in [0.2, 0.25) is 0 Å². The summed E-state index contributed by atoms with van der Waals surface area (Å²) < 4.78 is 135. The molecule has 14 heteroatoms. The fraction of sp³-hybridized carbons (Fsp3) is 0.318. The van der Waals surface area contributed by atoms with Crippen molar-refractivity contribution < 1.29 is 48.7 Å². The van der Waals surface area contributed by atoms with Gasteiger partial charge < -0.3 is 0 Å². The van der Waals surface area contributed by atoms with E-state index < -0.39 is 70.6 Å². The Kier molecular flexibility index (Phi) is 9.38. The summed E-state index contributed by atoms with van der Waals surface area (Å²) in [5.41, 5.74) is -4.38. The molecule has 2 rings (SSSR count). The van der Waals surface area contributed by atoms with Crippen molar-refractivity contribution in [1.29, 1.82) is 0 Å². The lowest BCUT2D eigenvalue weighted by molar-refractivity contribution is -0.168. The minimum Gasteiger partial charge on any atom is -0.294 e. The molecule has 0 saturated carbocycles. The van der Waals surface area contributed by atoms with Crippen LogP contribution >= 0.6 is 43.5 Å². The van der Waals surface area contributed by atoms with Gasteiger partial charge in [0.1, 0.15) is 11.7 Å². The second kappa shape index (κ2) is 11.0. The summed E-state index contributed by atoms with van der Waals surface area (Å²) in [4.78, 5) is 12.2. The van der Waals surface area contributed by atoms with E-state index in [1.807, 2.05) is 0 Å². The first-order valence-electron chi connectivity index (χ1n) is 9.63. The van der Waals surface area contributed by atoms with E-state index in [1.165, 1.54) is 0 Å². The molecule has 0 saturated heterocycles. The molecule has 0 amide bonds. The van der Waals surface area contributed by atoms with Gasteiger partial charge in [-0.15, -0.1) is 0 Å². The topological polar surface area (TPSA) is 17.1 Å². The lowest BCUT2D eigenvalue weighted by Gasteiger charge is -2.20. The predicted molar refractivity (Wildman–Crippen MR) is 120 cm³/mol. The maximum absolute atomic E-state index is 14.9. The van der Waals surface area contributed by atoms with E-state index in [0.29, 0.717) is 19.1 Å². The molecule has 36 heavy (non-hydrogen) atoms. The summed E-state index contributed by atoms with van der Waals surface area (Å²) in [5.74, 6) is -8.07. The first-order chi connectivity index (χ1) is 16.2. The van der Waals surface area contributed by atoms with Crippen molar-refractivity contribution in [3.8, 4) is 0 Å². The third-order valence-corrected chi connectivity index (χ3v) is 7.10. The predicted octanol–water partition coefficient (Wildman–Crippen LogP) is 10.3. The molecule has 0 aromatic heterocycles. The van der Waals surface area contributed by atoms with Crippen LogP contribution in [0.2, 0.25) is 5.02 Å². The van der Waals surface area contributed by atoms with Crippen LogP contribution in [0.25, 0.3) is 5.83 Å². The largest absolute Gasteiger partial charge is 0.417 e. The lowest BCUT2D eigenvalue weighted by Crippen LogP contribution is -2.24. The number of allylic oxidation sites excluding steroid dienone is 1. The summed E-state index contributed by atoms with van der Waals surface area (Å²) in [6.07, 6.45) is -16.5. The molecule has 2 atom stereocenters. The normalized spacial score (nSPS) is 15.1. The van der Waals surface area contributed by atoms with Crippen molar-refractivity contribution in [2.24, 2.45) is 5.92 Å². The second-order valence-electron chi connectivity index (χ2n) is 7.66. The molecule has 198 valence electrons. The van der Waals surface area contributed by atoms with E-state index >= 15 is 0 Å². The highest BCUT2D eigenvalue weighted by molar-refractivity contribution is 9.11. The van der Waals surface area contributed by atoms with Crippen LogP contribution in [0, 0.1) is 5.92 Å². The maximum Gasteiger partial charge on any atom is 0.417 e. The molecule has 0 aliphatic carbocycles. The van der Waals surface area contributed by atoms with Crippen LogP contribution in [0.4, 0.5) is 43.9 Å². The second-order valence-corrected chi connectivity index (χ2v) is 9.75. The number of rotatable bonds is 6. The smallest absolute Gasteiger partial charge is 0.294 e. The zero-order valence-electron chi connectivity index (χ0n) is 17.6. The molecule has 1 nitrogen and oxygen atoms in total. The Morgan fingerprint density at radius 1 is 0.944 bits per heavy atom. The number of hydrogen-bond acceptors (Lipinski definition) is 1. The summed E-state index contributed by atoms with van der Waals surface area (Å²) in [6.45, 7) is 0.604. The molecule has 0 bridgehead atoms. The van der Waals surface area contributed by atoms with Gasteiger partial charge >= 0.3 is 18.5 Å². The molecule has 0 radical (unpaired) electrons. The summed E-state index contributed by atoms with van der Waals surface area (Å²) in [5, 5.41) is 0.0269. The zero-order valence-corrected chi connectivity index (χ0v) is 21.6. The van der Waals surface area contributed by atoms with Gasteiger partial charge in [0.25, 0.3) is 0 Å². The summed E-state index contributed by atoms with van der Waals surface area (Å²) >= 11 is 11.8. The molecular formula is C22H13Br2ClF10O. The van der Waals surface area contributed by atoms with Crippen LogP contribution < -0.4 is 0 Å². The fourth-order valence-corrected chi connectivity index (χ4v) is 4.38. The van der Waals surface area contributed by atoms with E-state index in [2.05, 4.69) is 31.9 Å². The third-order valence-electron chi connectivity index (χ3n) is 4.98. The van der Waals surface area contributed by atoms with Crippen molar-refractivity contribution in [3.63, 3.8) is 0 Å². The summed E-state index contributed by atoms with van der Waals surface area (Å²) in [6, 6.07) is 3.03. The van der Waals surface area contributed by atoms with Crippen LogP contribution in [0.15, 0.2) is 45.4 Å². The zero-order chi connectivity index (χ0) is 27.8. The fourth-order valence-electron chi connectivity index (χ4n) is 3.05. The number of hydrogen-bond donors (Lipinski definition) is 0. The van der Waals surface area contributed by atoms with Crippen molar-refractivity contribution in [2.75, 3.05) is 0 Å². The Hall–Kier alpha value is -1.60. The number of alkyl halides is 9. The van der Waals surface area contributed by atoms with Gasteiger partial charge in [-0.3, -0.25) is 4.79 Å². The molecule has 2 aromatic rings. The Bertz CT molecular complexity index is 1150. The number of halogens is 13. The van der Waals surface area contributed by atoms with Gasteiger partial charge in [-0.2, -0.15) is 39.5 Å². The number of Topliss-reactive ketones (excluding diaryl/α,β-unsaturated/α-hetero) is 1. The quantitative estimate of drug-likeness (QED) is 0.169. The van der Waals surface area contributed by atoms with Crippen LogP contribution in [-0.4, -0.2) is 18.1 Å². The van der Waals surface area contributed by atoms with Crippen LogP contribution in [0.3, 0.4) is 0 Å². The minimum absolute atomic E-state index is 0.0269. The Morgan fingerprint density at radius 3 is 1.92 bits per heavy atom. The van der Waals surface area contributed by atoms with E-state index in [4.69, 9.17) is 11.6 Å². The molecule has 2 unspecified atom stereocenters. The number of ketones is 1. The highest BCUT2D eigenvalue weighted by atomic mass is 79.9. The van der Waals surface area contributed by atoms with Gasteiger partial charge in [0.15, 0.2) is 5.78 Å². The van der Waals surface area contributed by atoms with Gasteiger partial charge in [0, 0.05) is 26.5 Å². The number of carbonyl (C=O) groups is 1. The highest BCUT2D eigenvalue weighted by Gasteiger charge is 2.42. The number of carbonyl (C=O) groups excluding carboxylic acids is 1. The van der Waals surface area contributed by atoms with Crippen LogP contribution in [-0.2, 0) is 6.18 Å². The van der Waals surface area contributed by atoms with Crippen molar-refractivity contribution in [3.05, 3.63) is 72.6 Å². The van der Waals surface area contributed by atoms with Gasteiger partial charge in [0.05, 0.1) is 16.5 Å². The van der Waals surface area contributed by atoms with Crippen molar-refractivity contribution in [2.45, 2.75) is 37.8 Å². The molecule has 0 aliphatic rings. The van der Waals surface area contributed by atoms with E-state index in [1.54, 1.807) is 0 Å². The molecule has 0 spiro atoms. The monoisotopic (exact) mass is 676 g/mol. The van der Waals surface area contributed by atoms with E-state index in [0.717, 1.165) is 12.1 Å². The van der Waals surface area contributed by atoms with Gasteiger partial charge in [-0.05, 0) is 61.7 Å². The first-order valence-corrected chi connectivity index (χ1v) is 11.6. The maximum atomic E-state index is 14.9. The van der Waals surface area contributed by atoms with Gasteiger partial charge in [-0.1, -0.05) is 30.7 Å². The lowest BCUT2D eigenvalue weighted by atomic mass is 9.93. The average molecular weight is 679 g/mol. The molecule has 0 fully saturated rings. The highest BCUT2D eigenvalue weighted by Crippen LogP contribution is 2.43. The standard InChI is InChI=1S/C22H13Br2ClF10O/c1-9(20(27,28)29)4-18(36)12-3-2-10(5-14(12)22(33,34)35)17(26)8-13(21(30,31)32)11-6-15(23)19(25)16(24)7-11/h2-3,5-9,13H,4H2,1H3/b17-8-. The SMILES string of the molecule is CC(CC(=O)c1ccc(/C(F)=C/C(c2cc(Br)c(Cl)c(Br)c2)C(F)(F)F)cc1C(F)(F)F)C(F)(F)F. The molecule has 2 aromatic carbocycles. The average Bonchev–Trinajstić information content (AvgIpc) is 2.72. The number of benzene rings is 2. The molecule has 0 N–H and O–H groups in total. The van der Waals surface area contributed by atoms with Crippen molar-refractivity contribution in [1.82, 2.24) is 0 Å². The Balaban J connectivity index is 2.57. The first kappa shape index (κ1) is 30.6. The van der Waals surface area contributed by atoms with E-state index in [9.17, 15) is 48.7 Å². The molecular weight excluding hydrogens is 665 g/mol. The van der Waals surface area contributed by atoms with E-state index in [-0.39, 0.29) is 26.1 Å². The van der Waals surface area contributed by atoms with Crippen LogP contribution in [0.1, 0.15) is 46.3 Å². The molecule has 0 aliphatic heterocycles. The Morgan fingerprint density at radius 2 is 1.47 bits per heavy atom. The van der Waals surface area contributed by atoms with Crippen LogP contribution in [0.5, 0.6) is 0 Å². The van der Waals surface area contributed by atoms with Crippen molar-refractivity contribution >= 4 is 55.1 Å².